The topological polar surface area (TPSA) is 119 Å². The molecule has 20 heavy (non-hydrogen) atoms. The number of hydrogen-bond donors (Lipinski definition) is 2. The van der Waals surface area contributed by atoms with Crippen molar-refractivity contribution < 1.29 is 18.0 Å². The number of phenolic OH excluding ortho intramolecular Hbond substituents is 1. The molecule has 7 nitrogen and oxygen atoms in total. The third-order valence-electron chi connectivity index (χ3n) is 2.58. The van der Waals surface area contributed by atoms with Crippen LogP contribution in [0.15, 0.2) is 28.8 Å². The molecule has 0 saturated carbocycles. The van der Waals surface area contributed by atoms with Gasteiger partial charge in [0, 0.05) is 6.26 Å². The van der Waals surface area contributed by atoms with Gasteiger partial charge >= 0.3 is 0 Å². The SMILES string of the molecule is CS(=O)(=O)Cc1noc(C(N)Cc2ccc(O)cc2)n1. The fraction of sp³-hybridized carbons (Fsp3) is 0.333. The summed E-state index contributed by atoms with van der Waals surface area (Å²) in [5.74, 6) is 0.193. The number of nitrogens with two attached hydrogens (primary N) is 1. The van der Waals surface area contributed by atoms with E-state index in [0.29, 0.717) is 6.42 Å². The molecule has 3 N–H and O–H groups in total. The van der Waals surface area contributed by atoms with E-state index in [1.54, 1.807) is 24.3 Å². The second-order valence-corrected chi connectivity index (χ2v) is 6.74. The lowest BCUT2D eigenvalue weighted by Crippen LogP contribution is -2.14. The maximum Gasteiger partial charge on any atom is 0.243 e. The van der Waals surface area contributed by atoms with Crippen molar-refractivity contribution in [3.05, 3.63) is 41.5 Å². The van der Waals surface area contributed by atoms with E-state index in [1.807, 2.05) is 0 Å². The Balaban J connectivity index is 2.06. The predicted molar refractivity (Wildman–Crippen MR) is 71.6 cm³/mol. The van der Waals surface area contributed by atoms with Crippen LogP contribution in [-0.4, -0.2) is 29.9 Å². The summed E-state index contributed by atoms with van der Waals surface area (Å²) in [5, 5.41) is 12.8. The number of aromatic hydroxyl groups is 1. The standard InChI is InChI=1S/C12H15N3O4S/c1-20(17,18)7-11-14-12(19-15-11)10(13)6-8-2-4-9(16)5-3-8/h2-5,10,16H,6-7,13H2,1H3. The Labute approximate surface area is 116 Å². The molecule has 108 valence electrons. The lowest BCUT2D eigenvalue weighted by atomic mass is 10.1. The van der Waals surface area contributed by atoms with Crippen LogP contribution in [0.25, 0.3) is 0 Å². The van der Waals surface area contributed by atoms with Gasteiger partial charge in [0.15, 0.2) is 15.7 Å². The predicted octanol–water partition coefficient (Wildman–Crippen LogP) is 0.562. The Morgan fingerprint density at radius 1 is 1.35 bits per heavy atom. The summed E-state index contributed by atoms with van der Waals surface area (Å²) in [5.41, 5.74) is 6.84. The largest absolute Gasteiger partial charge is 0.508 e. The van der Waals surface area contributed by atoms with Gasteiger partial charge in [-0.2, -0.15) is 4.98 Å². The highest BCUT2D eigenvalue weighted by Gasteiger charge is 2.17. The van der Waals surface area contributed by atoms with Gasteiger partial charge in [-0.3, -0.25) is 0 Å². The molecule has 8 heteroatoms. The van der Waals surface area contributed by atoms with Gasteiger partial charge in [-0.15, -0.1) is 0 Å². The molecule has 1 atom stereocenters. The van der Waals surface area contributed by atoms with Gasteiger partial charge in [0.05, 0.1) is 6.04 Å². The molecule has 2 aromatic rings. The zero-order valence-corrected chi connectivity index (χ0v) is 11.7. The van der Waals surface area contributed by atoms with Crippen LogP contribution >= 0.6 is 0 Å². The summed E-state index contributed by atoms with van der Waals surface area (Å²) < 4.78 is 27.2. The number of phenols is 1. The Morgan fingerprint density at radius 3 is 2.60 bits per heavy atom. The van der Waals surface area contributed by atoms with Gasteiger partial charge in [-0.25, -0.2) is 8.42 Å². The number of hydrogen-bond acceptors (Lipinski definition) is 7. The molecule has 2 rings (SSSR count). The molecule has 1 aromatic carbocycles. The Bertz CT molecular complexity index is 679. The first-order valence-corrected chi connectivity index (χ1v) is 7.93. The van der Waals surface area contributed by atoms with E-state index in [9.17, 15) is 13.5 Å². The van der Waals surface area contributed by atoms with E-state index in [-0.39, 0.29) is 23.2 Å². The Kier molecular flexibility index (Phi) is 4.05. The molecule has 0 spiro atoms. The molecular formula is C12H15N3O4S. The molecular weight excluding hydrogens is 282 g/mol. The molecule has 0 aliphatic rings. The summed E-state index contributed by atoms with van der Waals surface area (Å²) in [6, 6.07) is 6.07. The van der Waals surface area contributed by atoms with Crippen LogP contribution in [-0.2, 0) is 22.0 Å². The maximum absolute atomic E-state index is 11.1. The van der Waals surface area contributed by atoms with Crippen molar-refractivity contribution in [3.63, 3.8) is 0 Å². The quantitative estimate of drug-likeness (QED) is 0.827. The Morgan fingerprint density at radius 2 is 2.00 bits per heavy atom. The number of nitrogens with zero attached hydrogens (tertiary/aromatic N) is 2. The van der Waals surface area contributed by atoms with Crippen LogP contribution in [0.2, 0.25) is 0 Å². The lowest BCUT2D eigenvalue weighted by molar-refractivity contribution is 0.351. The average molecular weight is 297 g/mol. The zero-order chi connectivity index (χ0) is 14.8. The van der Waals surface area contributed by atoms with Crippen LogP contribution < -0.4 is 5.73 Å². The monoisotopic (exact) mass is 297 g/mol. The summed E-state index contributed by atoms with van der Waals surface area (Å²) in [4.78, 5) is 3.98. The van der Waals surface area contributed by atoms with Crippen LogP contribution in [0.5, 0.6) is 5.75 Å². The molecule has 0 amide bonds. The summed E-state index contributed by atoms with van der Waals surface area (Å²) in [6.45, 7) is 0. The van der Waals surface area contributed by atoms with Crippen molar-refractivity contribution in [1.29, 1.82) is 0 Å². The zero-order valence-electron chi connectivity index (χ0n) is 10.9. The molecule has 0 aliphatic carbocycles. The number of benzene rings is 1. The number of aromatic nitrogens is 2. The first-order valence-electron chi connectivity index (χ1n) is 5.87. The summed E-state index contributed by atoms with van der Waals surface area (Å²) in [7, 11) is -3.21. The van der Waals surface area contributed by atoms with E-state index in [4.69, 9.17) is 10.3 Å². The third kappa shape index (κ3) is 4.04. The highest BCUT2D eigenvalue weighted by molar-refractivity contribution is 7.89. The van der Waals surface area contributed by atoms with Crippen molar-refractivity contribution >= 4 is 9.84 Å². The third-order valence-corrected chi connectivity index (χ3v) is 3.37. The van der Waals surface area contributed by atoms with Crippen molar-refractivity contribution in [2.24, 2.45) is 5.73 Å². The van der Waals surface area contributed by atoms with Gasteiger partial charge in [0.1, 0.15) is 11.5 Å². The lowest BCUT2D eigenvalue weighted by Gasteiger charge is -2.06. The highest BCUT2D eigenvalue weighted by atomic mass is 32.2. The highest BCUT2D eigenvalue weighted by Crippen LogP contribution is 2.17. The smallest absolute Gasteiger partial charge is 0.243 e. The fourth-order valence-corrected chi connectivity index (χ4v) is 2.27. The molecule has 0 saturated heterocycles. The molecule has 1 unspecified atom stereocenters. The van der Waals surface area contributed by atoms with E-state index in [2.05, 4.69) is 10.1 Å². The normalized spacial score (nSPS) is 13.3. The van der Waals surface area contributed by atoms with Crippen LogP contribution in [0.4, 0.5) is 0 Å². The average Bonchev–Trinajstić information content (AvgIpc) is 2.78. The molecule has 1 aromatic heterocycles. The summed E-state index contributed by atoms with van der Waals surface area (Å²) in [6.07, 6.45) is 1.54. The van der Waals surface area contributed by atoms with E-state index in [1.165, 1.54) is 0 Å². The first-order chi connectivity index (χ1) is 9.33. The minimum atomic E-state index is -3.21. The van der Waals surface area contributed by atoms with Gasteiger partial charge in [0.25, 0.3) is 0 Å². The first kappa shape index (κ1) is 14.5. The van der Waals surface area contributed by atoms with E-state index >= 15 is 0 Å². The second kappa shape index (κ2) is 5.59. The minimum Gasteiger partial charge on any atom is -0.508 e. The summed E-state index contributed by atoms with van der Waals surface area (Å²) >= 11 is 0. The van der Waals surface area contributed by atoms with Crippen LogP contribution in [0, 0.1) is 0 Å². The molecule has 0 aliphatic heterocycles. The van der Waals surface area contributed by atoms with Gasteiger partial charge in [-0.05, 0) is 24.1 Å². The second-order valence-electron chi connectivity index (χ2n) is 4.60. The van der Waals surface area contributed by atoms with Crippen molar-refractivity contribution in [3.8, 4) is 5.75 Å². The van der Waals surface area contributed by atoms with Crippen molar-refractivity contribution in [2.45, 2.75) is 18.2 Å². The molecule has 0 radical (unpaired) electrons. The molecule has 1 heterocycles. The minimum absolute atomic E-state index is 0.101. The maximum atomic E-state index is 11.1. The Hall–Kier alpha value is -1.93. The van der Waals surface area contributed by atoms with Gasteiger partial charge < -0.3 is 15.4 Å². The molecule has 0 bridgehead atoms. The number of sulfone groups is 1. The van der Waals surface area contributed by atoms with Crippen molar-refractivity contribution in [1.82, 2.24) is 10.1 Å². The number of rotatable bonds is 5. The fourth-order valence-electron chi connectivity index (χ4n) is 1.68. The van der Waals surface area contributed by atoms with Crippen LogP contribution in [0.3, 0.4) is 0 Å². The van der Waals surface area contributed by atoms with Crippen molar-refractivity contribution in [2.75, 3.05) is 6.26 Å². The molecule has 0 fully saturated rings. The van der Waals surface area contributed by atoms with Gasteiger partial charge in [0.2, 0.25) is 5.89 Å². The van der Waals surface area contributed by atoms with Crippen LogP contribution in [0.1, 0.15) is 23.3 Å². The van der Waals surface area contributed by atoms with Gasteiger partial charge in [-0.1, -0.05) is 17.3 Å². The van der Waals surface area contributed by atoms with E-state index < -0.39 is 15.9 Å². The van der Waals surface area contributed by atoms with E-state index in [0.717, 1.165) is 11.8 Å².